The summed E-state index contributed by atoms with van der Waals surface area (Å²) >= 11 is 6.42. The van der Waals surface area contributed by atoms with Gasteiger partial charge in [-0.1, -0.05) is 32.4 Å². The number of hydrogen-bond donors (Lipinski definition) is 0. The van der Waals surface area contributed by atoms with Crippen LogP contribution in [0.1, 0.15) is 58.3 Å². The number of ether oxygens (including phenoxy) is 4. The monoisotopic (exact) mass is 503 g/mol. The predicted molar refractivity (Wildman–Crippen MR) is 135 cm³/mol. The van der Waals surface area contributed by atoms with E-state index < -0.39 is 18.2 Å². The average molecular weight is 504 g/mol. The smallest absolute Gasteiger partial charge is 0.308 e. The lowest BCUT2D eigenvalue weighted by Crippen LogP contribution is -2.44. The molecule has 0 aliphatic carbocycles. The zero-order valence-corrected chi connectivity index (χ0v) is 22.0. The zero-order chi connectivity index (χ0) is 25.8. The summed E-state index contributed by atoms with van der Waals surface area (Å²) in [5.41, 5.74) is 1.88. The summed E-state index contributed by atoms with van der Waals surface area (Å²) in [7, 11) is 1.57. The van der Waals surface area contributed by atoms with E-state index in [9.17, 15) is 9.59 Å². The molecule has 2 aromatic carbocycles. The number of amides is 1. The van der Waals surface area contributed by atoms with E-state index in [2.05, 4.69) is 20.8 Å². The highest BCUT2D eigenvalue weighted by Crippen LogP contribution is 2.44. The van der Waals surface area contributed by atoms with Crippen molar-refractivity contribution in [2.75, 3.05) is 31.8 Å². The van der Waals surface area contributed by atoms with Crippen LogP contribution in [0.5, 0.6) is 11.5 Å². The number of carbonyl (C=O) groups is 2. The number of esters is 1. The molecule has 3 rings (SSSR count). The number of halogens is 1. The van der Waals surface area contributed by atoms with Gasteiger partial charge >= 0.3 is 5.97 Å². The van der Waals surface area contributed by atoms with Crippen LogP contribution in [0.2, 0.25) is 5.02 Å². The van der Waals surface area contributed by atoms with Crippen LogP contribution < -0.4 is 14.4 Å². The van der Waals surface area contributed by atoms with Gasteiger partial charge in [0.05, 0.1) is 26.7 Å². The predicted octanol–water partition coefficient (Wildman–Crippen LogP) is 5.57. The van der Waals surface area contributed by atoms with Crippen molar-refractivity contribution in [1.82, 2.24) is 0 Å². The van der Waals surface area contributed by atoms with E-state index in [1.54, 1.807) is 37.1 Å². The van der Waals surface area contributed by atoms with Crippen LogP contribution in [0.15, 0.2) is 36.4 Å². The molecule has 7 nitrogen and oxygen atoms in total. The Balaban J connectivity index is 2.19. The van der Waals surface area contributed by atoms with Gasteiger partial charge in [0.1, 0.15) is 23.7 Å². The van der Waals surface area contributed by atoms with Gasteiger partial charge in [-0.3, -0.25) is 9.59 Å². The number of methoxy groups -OCH3 is 1. The first-order chi connectivity index (χ1) is 16.6. The van der Waals surface area contributed by atoms with E-state index in [-0.39, 0.29) is 24.3 Å². The molecule has 0 spiro atoms. The molecule has 0 fully saturated rings. The summed E-state index contributed by atoms with van der Waals surface area (Å²) in [5.74, 6) is 0.395. The van der Waals surface area contributed by atoms with Gasteiger partial charge in [-0.25, -0.2) is 0 Å². The first-order valence-electron chi connectivity index (χ1n) is 11.8. The quantitative estimate of drug-likeness (QED) is 0.438. The Morgan fingerprint density at radius 3 is 2.46 bits per heavy atom. The van der Waals surface area contributed by atoms with Crippen molar-refractivity contribution >= 4 is 29.2 Å². The maximum Gasteiger partial charge on any atom is 0.308 e. The highest BCUT2D eigenvalue weighted by Gasteiger charge is 2.40. The minimum Gasteiger partial charge on any atom is -0.496 e. The van der Waals surface area contributed by atoms with Gasteiger partial charge in [-0.2, -0.15) is 0 Å². The molecule has 2 atom stereocenters. The average Bonchev–Trinajstić information content (AvgIpc) is 2.89. The molecule has 2 aromatic rings. The number of benzene rings is 2. The molecule has 190 valence electrons. The molecule has 0 saturated heterocycles. The Kier molecular flexibility index (Phi) is 8.67. The van der Waals surface area contributed by atoms with Crippen molar-refractivity contribution in [3.63, 3.8) is 0 Å². The molecule has 1 aliphatic heterocycles. The highest BCUT2D eigenvalue weighted by molar-refractivity contribution is 6.30. The Labute approximate surface area is 212 Å². The number of hydrogen-bond acceptors (Lipinski definition) is 6. The van der Waals surface area contributed by atoms with Gasteiger partial charge in [0.2, 0.25) is 0 Å². The number of nitrogens with zero attached hydrogens (tertiary/aromatic N) is 1. The van der Waals surface area contributed by atoms with Crippen LogP contribution in [0.25, 0.3) is 0 Å². The van der Waals surface area contributed by atoms with Crippen molar-refractivity contribution in [1.29, 1.82) is 0 Å². The Hall–Kier alpha value is -2.77. The summed E-state index contributed by atoms with van der Waals surface area (Å²) in [5, 5.41) is 0.509. The van der Waals surface area contributed by atoms with Crippen LogP contribution >= 0.6 is 11.6 Å². The molecule has 0 aromatic heterocycles. The summed E-state index contributed by atoms with van der Waals surface area (Å²) in [4.78, 5) is 27.9. The molecular formula is C27H34ClNO6. The maximum atomic E-state index is 13.8. The third kappa shape index (κ3) is 6.47. The second kappa shape index (κ2) is 11.3. The van der Waals surface area contributed by atoms with Gasteiger partial charge in [-0.15, -0.1) is 0 Å². The molecule has 0 saturated carbocycles. The van der Waals surface area contributed by atoms with Crippen molar-refractivity contribution in [3.05, 3.63) is 52.5 Å². The molecule has 0 unspecified atom stereocenters. The fourth-order valence-corrected chi connectivity index (χ4v) is 4.30. The van der Waals surface area contributed by atoms with E-state index >= 15 is 0 Å². The summed E-state index contributed by atoms with van der Waals surface area (Å²) in [6.07, 6.45) is -1.98. The summed E-state index contributed by atoms with van der Waals surface area (Å²) in [6, 6.07) is 10.8. The largest absolute Gasteiger partial charge is 0.496 e. The zero-order valence-electron chi connectivity index (χ0n) is 21.2. The van der Waals surface area contributed by atoms with E-state index in [0.29, 0.717) is 46.5 Å². The Morgan fingerprint density at radius 2 is 1.83 bits per heavy atom. The third-order valence-electron chi connectivity index (χ3n) is 5.49. The topological polar surface area (TPSA) is 74.3 Å². The lowest BCUT2D eigenvalue weighted by Gasteiger charge is -2.31. The number of fused-ring (bicyclic) bond motifs is 1. The van der Waals surface area contributed by atoms with Crippen LogP contribution in [-0.2, 0) is 19.1 Å². The minimum absolute atomic E-state index is 0.203. The van der Waals surface area contributed by atoms with Gasteiger partial charge in [0, 0.05) is 34.4 Å². The standard InChI is InChI=1S/C27H34ClNO6/c1-7-33-18-10-11-19(22(14-18)32-6)25-20-13-17(28)9-12-21(20)29(16-27(3,4)5)26(31)23(35-25)15-24(30)34-8-2/h9-14,23,25H,7-8,15-16H2,1-6H3/t23-,25-/m1/s1. The normalized spacial score (nSPS) is 18.0. The lowest BCUT2D eigenvalue weighted by molar-refractivity contribution is -0.151. The van der Waals surface area contributed by atoms with Gasteiger partial charge in [0.15, 0.2) is 0 Å². The molecular weight excluding hydrogens is 470 g/mol. The number of anilines is 1. The van der Waals surface area contributed by atoms with Crippen molar-refractivity contribution in [2.24, 2.45) is 5.41 Å². The first kappa shape index (κ1) is 26.8. The van der Waals surface area contributed by atoms with Crippen LogP contribution in [0.4, 0.5) is 5.69 Å². The van der Waals surface area contributed by atoms with Crippen LogP contribution in [0.3, 0.4) is 0 Å². The summed E-state index contributed by atoms with van der Waals surface area (Å²) < 4.78 is 22.9. The lowest BCUT2D eigenvalue weighted by atomic mass is 9.94. The molecule has 8 heteroatoms. The molecule has 0 radical (unpaired) electrons. The fourth-order valence-electron chi connectivity index (χ4n) is 4.12. The summed E-state index contributed by atoms with van der Waals surface area (Å²) in [6.45, 7) is 10.9. The Bertz CT molecular complexity index is 1060. The van der Waals surface area contributed by atoms with E-state index in [0.717, 1.165) is 0 Å². The number of rotatable bonds is 8. The molecule has 1 amide bonds. The van der Waals surface area contributed by atoms with Crippen molar-refractivity contribution in [2.45, 2.75) is 53.2 Å². The second-order valence-corrected chi connectivity index (χ2v) is 9.98. The van der Waals surface area contributed by atoms with Crippen molar-refractivity contribution in [3.8, 4) is 11.5 Å². The molecule has 1 heterocycles. The Morgan fingerprint density at radius 1 is 1.09 bits per heavy atom. The fraction of sp³-hybridized carbons (Fsp3) is 0.481. The van der Waals surface area contributed by atoms with Gasteiger partial charge < -0.3 is 23.8 Å². The minimum atomic E-state index is -1.05. The van der Waals surface area contributed by atoms with Gasteiger partial charge in [-0.05, 0) is 49.6 Å². The van der Waals surface area contributed by atoms with Crippen molar-refractivity contribution < 1.29 is 28.5 Å². The van der Waals surface area contributed by atoms with E-state index in [1.807, 2.05) is 25.1 Å². The van der Waals surface area contributed by atoms with E-state index in [4.69, 9.17) is 30.5 Å². The first-order valence-corrected chi connectivity index (χ1v) is 12.2. The van der Waals surface area contributed by atoms with Gasteiger partial charge in [0.25, 0.3) is 5.91 Å². The van der Waals surface area contributed by atoms with Crippen LogP contribution in [0, 0.1) is 5.41 Å². The number of carbonyl (C=O) groups excluding carboxylic acids is 2. The van der Waals surface area contributed by atoms with E-state index in [1.165, 1.54) is 0 Å². The van der Waals surface area contributed by atoms with Crippen LogP contribution in [-0.4, -0.2) is 44.8 Å². The second-order valence-electron chi connectivity index (χ2n) is 9.54. The third-order valence-corrected chi connectivity index (χ3v) is 5.73. The SMILES string of the molecule is CCOC(=O)C[C@H]1O[C@H](c2ccc(OCC)cc2OC)c2cc(Cl)ccc2N(CC(C)(C)C)C1=O. The highest BCUT2D eigenvalue weighted by atomic mass is 35.5. The molecule has 0 N–H and O–H groups in total. The molecule has 1 aliphatic rings. The molecule has 35 heavy (non-hydrogen) atoms. The maximum absolute atomic E-state index is 13.8. The molecule has 0 bridgehead atoms.